The molecule has 0 saturated carbocycles. The number of methoxy groups -OCH3 is 1. The van der Waals surface area contributed by atoms with Crippen LogP contribution in [0.4, 0.5) is 0 Å². The van der Waals surface area contributed by atoms with Crippen molar-refractivity contribution in [2.45, 2.75) is 124 Å². The van der Waals surface area contributed by atoms with E-state index >= 15 is 0 Å². The molecule has 0 spiro atoms. The fourth-order valence-electron chi connectivity index (χ4n) is 5.37. The van der Waals surface area contributed by atoms with Gasteiger partial charge in [-0.05, 0) is 43.9 Å². The van der Waals surface area contributed by atoms with E-state index < -0.39 is 112 Å². The lowest BCUT2D eigenvalue weighted by molar-refractivity contribution is -0.342. The first-order valence-corrected chi connectivity index (χ1v) is 19.0. The minimum atomic E-state index is -3.75. The van der Waals surface area contributed by atoms with Gasteiger partial charge in [-0.15, -0.1) is 0 Å². The van der Waals surface area contributed by atoms with Crippen molar-refractivity contribution in [1.82, 2.24) is 0 Å². The van der Waals surface area contributed by atoms with Crippen LogP contribution in [0.5, 0.6) is 0 Å². The largest absolute Gasteiger partial charge is 0.387 e. The van der Waals surface area contributed by atoms with Crippen molar-refractivity contribution in [1.29, 1.82) is 0 Å². The van der Waals surface area contributed by atoms with Crippen molar-refractivity contribution in [3.05, 3.63) is 0 Å². The summed E-state index contributed by atoms with van der Waals surface area (Å²) in [7, 11) is 1.59. The smallest absolute Gasteiger partial charge is 0.321 e. The Bertz CT molecular complexity index is 999. The highest BCUT2D eigenvalue weighted by molar-refractivity contribution is 8.06. The predicted molar refractivity (Wildman–Crippen MR) is 168 cm³/mol. The van der Waals surface area contributed by atoms with E-state index in [2.05, 4.69) is 11.8 Å². The molecule has 3 fully saturated rings. The first-order chi connectivity index (χ1) is 23.7. The van der Waals surface area contributed by atoms with Crippen molar-refractivity contribution in [3.63, 3.8) is 0 Å². The lowest BCUT2D eigenvalue weighted by Crippen LogP contribution is -2.62. The van der Waals surface area contributed by atoms with Crippen LogP contribution in [0, 0.1) is 0 Å². The van der Waals surface area contributed by atoms with Crippen molar-refractivity contribution in [2.75, 3.05) is 53.4 Å². The second-order valence-corrected chi connectivity index (χ2v) is 14.9. The van der Waals surface area contributed by atoms with Gasteiger partial charge in [0, 0.05) is 26.9 Å². The van der Waals surface area contributed by atoms with Gasteiger partial charge >= 0.3 is 6.72 Å². The van der Waals surface area contributed by atoms with Crippen molar-refractivity contribution < 1.29 is 98.2 Å². The van der Waals surface area contributed by atoms with Gasteiger partial charge in [-0.3, -0.25) is 0 Å². The average molecular weight is 773 g/mol. The zero-order valence-electron chi connectivity index (χ0n) is 27.6. The Morgan fingerprint density at radius 1 is 0.480 bits per heavy atom. The van der Waals surface area contributed by atoms with Gasteiger partial charge in [0.15, 0.2) is 18.9 Å². The van der Waals surface area contributed by atoms with Crippen molar-refractivity contribution in [3.8, 4) is 0 Å². The minimum Gasteiger partial charge on any atom is -0.387 e. The Morgan fingerprint density at radius 3 is 1.34 bits per heavy atom. The van der Waals surface area contributed by atoms with Crippen LogP contribution in [0.15, 0.2) is 0 Å². The molecule has 11 N–H and O–H groups in total. The van der Waals surface area contributed by atoms with Crippen LogP contribution < -0.4 is 0 Å². The molecule has 0 bridgehead atoms. The minimum absolute atomic E-state index is 0.000945. The van der Waals surface area contributed by atoms with Gasteiger partial charge in [0.2, 0.25) is 0 Å². The summed E-state index contributed by atoms with van der Waals surface area (Å²) in [4.78, 5) is 18.1. The monoisotopic (exact) mass is 772 g/mol. The molecule has 22 heteroatoms. The summed E-state index contributed by atoms with van der Waals surface area (Å²) in [5.74, 6) is 0. The lowest BCUT2D eigenvalue weighted by atomic mass is 9.98. The zero-order chi connectivity index (χ0) is 37.0. The van der Waals surface area contributed by atoms with E-state index in [4.69, 9.17) is 52.2 Å². The lowest BCUT2D eigenvalue weighted by Gasteiger charge is -2.44. The molecular formula is C28H53O20PS. The molecule has 0 radical (unpaired) electrons. The van der Waals surface area contributed by atoms with Crippen molar-refractivity contribution >= 4 is 18.5 Å². The Hall–Kier alpha value is -0.150. The SMILES string of the molecule is COCCCCCOC1OC(COC2OC(COC3OC(COCCCCOP(O)(O)=S)C(O)C(O)C3O)C(O)C(O)C2O)C(O)C(O)C1O. The number of aliphatic hydroxyl groups is 9. The molecule has 15 atom stereocenters. The number of ether oxygens (including phenoxy) is 8. The highest BCUT2D eigenvalue weighted by Gasteiger charge is 2.49. The van der Waals surface area contributed by atoms with E-state index in [1.165, 1.54) is 0 Å². The van der Waals surface area contributed by atoms with Crippen LogP contribution in [0.25, 0.3) is 0 Å². The standard InChI is InChI=1S/C28H53O20PS/c1-40-7-3-2-4-9-42-26-23(35)21(33)18(30)15(47-26)12-44-28-25(37)22(34)19(31)16(48-28)13-43-27-24(36)20(32)17(29)14(46-27)11-41-8-5-6-10-45-49(38,39)50/h14-37H,2-13H2,1H3,(H2,38,39,50). The molecule has 296 valence electrons. The van der Waals surface area contributed by atoms with Crippen LogP contribution in [0.1, 0.15) is 32.1 Å². The van der Waals surface area contributed by atoms with E-state index in [1.807, 2.05) is 0 Å². The van der Waals surface area contributed by atoms with Gasteiger partial charge < -0.3 is 98.2 Å². The second kappa shape index (κ2) is 21.7. The fourth-order valence-corrected chi connectivity index (χ4v) is 5.96. The molecule has 3 heterocycles. The first kappa shape index (κ1) is 44.2. The van der Waals surface area contributed by atoms with Gasteiger partial charge in [-0.1, -0.05) is 0 Å². The van der Waals surface area contributed by atoms with Gasteiger partial charge in [-0.2, -0.15) is 0 Å². The van der Waals surface area contributed by atoms with E-state index in [0.29, 0.717) is 25.9 Å². The Labute approximate surface area is 294 Å². The van der Waals surface area contributed by atoms with Crippen LogP contribution >= 0.6 is 6.72 Å². The van der Waals surface area contributed by atoms with Crippen molar-refractivity contribution in [2.24, 2.45) is 0 Å². The Kier molecular flexibility index (Phi) is 19.2. The summed E-state index contributed by atoms with van der Waals surface area (Å²) < 4.78 is 48.6. The summed E-state index contributed by atoms with van der Waals surface area (Å²) >= 11 is 4.36. The quantitative estimate of drug-likeness (QED) is 0.0386. The normalized spacial score (nSPS) is 39.9. The third kappa shape index (κ3) is 13.3. The summed E-state index contributed by atoms with van der Waals surface area (Å²) in [6.07, 6.45) is -20.4. The van der Waals surface area contributed by atoms with Crippen LogP contribution in [-0.4, -0.2) is 201 Å². The first-order valence-electron chi connectivity index (χ1n) is 16.4. The molecule has 0 aliphatic carbocycles. The van der Waals surface area contributed by atoms with Gasteiger partial charge in [0.1, 0.15) is 73.2 Å². The molecule has 0 aromatic heterocycles. The zero-order valence-corrected chi connectivity index (χ0v) is 29.3. The molecular weight excluding hydrogens is 719 g/mol. The molecule has 3 rings (SSSR count). The topological polar surface area (TPSA) is 306 Å². The third-order valence-corrected chi connectivity index (χ3v) is 9.19. The molecule has 3 aliphatic heterocycles. The van der Waals surface area contributed by atoms with E-state index in [9.17, 15) is 46.0 Å². The number of unbranched alkanes of at least 4 members (excludes halogenated alkanes) is 3. The number of hydrogen-bond acceptors (Lipinski definition) is 19. The van der Waals surface area contributed by atoms with E-state index in [-0.39, 0.29) is 26.4 Å². The number of rotatable bonds is 21. The summed E-state index contributed by atoms with van der Waals surface area (Å²) in [5.41, 5.74) is 0. The summed E-state index contributed by atoms with van der Waals surface area (Å²) in [6, 6.07) is 0. The molecule has 0 aromatic carbocycles. The fraction of sp³-hybridized carbons (Fsp3) is 1.00. The molecule has 0 amide bonds. The Balaban J connectivity index is 1.49. The van der Waals surface area contributed by atoms with E-state index in [1.54, 1.807) is 7.11 Å². The number of aliphatic hydroxyl groups excluding tert-OH is 9. The van der Waals surface area contributed by atoms with Crippen LogP contribution in [-0.2, 0) is 54.2 Å². The highest BCUT2D eigenvalue weighted by Crippen LogP contribution is 2.36. The third-order valence-electron chi connectivity index (χ3n) is 8.35. The highest BCUT2D eigenvalue weighted by atomic mass is 32.5. The van der Waals surface area contributed by atoms with Gasteiger partial charge in [0.25, 0.3) is 0 Å². The molecule has 3 aliphatic rings. The Morgan fingerprint density at radius 2 is 0.880 bits per heavy atom. The molecule has 3 saturated heterocycles. The number of hydrogen-bond donors (Lipinski definition) is 11. The van der Waals surface area contributed by atoms with Crippen LogP contribution in [0.2, 0.25) is 0 Å². The maximum atomic E-state index is 10.6. The van der Waals surface area contributed by atoms with Gasteiger partial charge in [-0.25, -0.2) is 0 Å². The molecule has 15 unspecified atom stereocenters. The molecule has 50 heavy (non-hydrogen) atoms. The predicted octanol–water partition coefficient (Wildman–Crippen LogP) is -4.70. The average Bonchev–Trinajstić information content (AvgIpc) is 3.07. The summed E-state index contributed by atoms with van der Waals surface area (Å²) in [5, 5.41) is 93.9. The van der Waals surface area contributed by atoms with Crippen LogP contribution in [0.3, 0.4) is 0 Å². The maximum absolute atomic E-state index is 10.6. The second-order valence-electron chi connectivity index (χ2n) is 12.2. The molecule has 0 aromatic rings. The molecule has 20 nitrogen and oxygen atoms in total. The van der Waals surface area contributed by atoms with E-state index in [0.717, 1.165) is 12.8 Å². The summed E-state index contributed by atoms with van der Waals surface area (Å²) in [6.45, 7) is -4.15. The maximum Gasteiger partial charge on any atom is 0.321 e. The van der Waals surface area contributed by atoms with Gasteiger partial charge in [0.05, 0.1) is 26.4 Å².